The minimum Gasteiger partial charge on any atom is -0.458 e. The van der Waals surface area contributed by atoms with Crippen LogP contribution in [-0.4, -0.2) is 60.5 Å². The van der Waals surface area contributed by atoms with Gasteiger partial charge in [-0.15, -0.1) is 0 Å². The molecule has 0 heterocycles. The van der Waals surface area contributed by atoms with Gasteiger partial charge in [0.05, 0.1) is 6.10 Å². The van der Waals surface area contributed by atoms with Gasteiger partial charge in [0.25, 0.3) is 0 Å². The average molecular weight is 491 g/mol. The number of fused-ring (bicyclic) bond motifs is 5. The summed E-state index contributed by atoms with van der Waals surface area (Å²) in [6.45, 7) is 11.1. The van der Waals surface area contributed by atoms with E-state index in [2.05, 4.69) is 26.6 Å². The Morgan fingerprint density at radius 1 is 1.24 bits per heavy atom. The van der Waals surface area contributed by atoms with E-state index in [4.69, 9.17) is 9.16 Å². The smallest absolute Gasteiger partial charge is 0.303 e. The zero-order valence-electron chi connectivity index (χ0n) is 21.1. The van der Waals surface area contributed by atoms with Crippen LogP contribution in [0.1, 0.15) is 46.5 Å². The van der Waals surface area contributed by atoms with Crippen molar-refractivity contribution in [3.8, 4) is 0 Å². The summed E-state index contributed by atoms with van der Waals surface area (Å²) >= 11 is 0. The summed E-state index contributed by atoms with van der Waals surface area (Å²) in [5.41, 5.74) is -2.18. The van der Waals surface area contributed by atoms with Crippen molar-refractivity contribution in [3.63, 3.8) is 0 Å². The van der Waals surface area contributed by atoms with Crippen molar-refractivity contribution >= 4 is 25.9 Å². The van der Waals surface area contributed by atoms with E-state index in [1.807, 2.05) is 13.0 Å². The van der Waals surface area contributed by atoms with Crippen molar-refractivity contribution in [1.82, 2.24) is 0 Å². The number of aliphatic hydroxyl groups excluding tert-OH is 1. The molecule has 0 radical (unpaired) electrons. The Morgan fingerprint density at radius 2 is 1.91 bits per heavy atom. The molecule has 4 aliphatic rings. The third-order valence-electron chi connectivity index (χ3n) is 9.03. The van der Waals surface area contributed by atoms with Crippen molar-refractivity contribution in [1.29, 1.82) is 0 Å². The Kier molecular flexibility index (Phi) is 6.16. The first-order valence-electron chi connectivity index (χ1n) is 12.3. The maximum absolute atomic E-state index is 13.2. The molecule has 34 heavy (non-hydrogen) atoms. The quantitative estimate of drug-likeness (QED) is 0.450. The molecule has 0 saturated heterocycles. The number of hydrogen-bond acceptors (Lipinski definition) is 7. The third-order valence-corrected chi connectivity index (χ3v) is 10.0. The molecule has 0 aromatic heterocycles. The number of ketones is 2. The molecule has 8 heteroatoms. The number of carbonyl (C=O) groups excluding carboxylic acids is 3. The molecular weight excluding hydrogens is 452 g/mol. The summed E-state index contributed by atoms with van der Waals surface area (Å²) in [5.74, 6) is -1.19. The first-order valence-corrected chi connectivity index (χ1v) is 15.7. The molecule has 2 N–H and O–H groups in total. The molecule has 4 aliphatic carbocycles. The predicted octanol–water partition coefficient (Wildman–Crippen LogP) is 2.96. The van der Waals surface area contributed by atoms with Gasteiger partial charge >= 0.3 is 5.97 Å². The highest BCUT2D eigenvalue weighted by atomic mass is 28.4. The number of allylic oxidation sites excluding steroid dienone is 4. The molecule has 0 aromatic rings. The molecular formula is C26H38O7Si. The van der Waals surface area contributed by atoms with E-state index in [1.54, 1.807) is 12.2 Å². The van der Waals surface area contributed by atoms with Gasteiger partial charge in [0.1, 0.15) is 0 Å². The van der Waals surface area contributed by atoms with E-state index in [0.29, 0.717) is 12.8 Å². The van der Waals surface area contributed by atoms with E-state index >= 15 is 0 Å². The number of Topliss-reactive ketones (excluding diaryl/α,β-unsaturated/α-hetero) is 1. The normalized spacial score (nSPS) is 43.5. The molecule has 8 atom stereocenters. The number of ether oxygens (including phenoxy) is 1. The molecule has 0 aliphatic heterocycles. The van der Waals surface area contributed by atoms with E-state index in [-0.39, 0.29) is 35.1 Å². The molecule has 0 unspecified atom stereocenters. The topological polar surface area (TPSA) is 110 Å². The van der Waals surface area contributed by atoms with Crippen LogP contribution in [0.4, 0.5) is 0 Å². The Morgan fingerprint density at radius 3 is 2.53 bits per heavy atom. The molecule has 0 spiro atoms. The fraction of sp³-hybridized carbons (Fsp3) is 0.731. The molecule has 0 bridgehead atoms. The summed E-state index contributed by atoms with van der Waals surface area (Å²) < 4.78 is 11.7. The van der Waals surface area contributed by atoms with E-state index in [0.717, 1.165) is 18.4 Å². The van der Waals surface area contributed by atoms with Gasteiger partial charge in [0, 0.05) is 23.9 Å². The summed E-state index contributed by atoms with van der Waals surface area (Å²) in [6.07, 6.45) is 6.22. The molecule has 0 aromatic carbocycles. The zero-order valence-corrected chi connectivity index (χ0v) is 22.1. The van der Waals surface area contributed by atoms with Crippen LogP contribution in [0.5, 0.6) is 0 Å². The standard InChI is InChI=1S/C26H38O7Si/c1-15(27)32-14-22(30)26(31)21(29)12-19-18-8-7-16-11-17(28)9-10-24(16,2)23(18)20(13-25(19,26)3)33-34(4,5)6/h9-11,18-21,23,29,31H,7-8,12-14H2,1-6H3/t18-,19-,20-,21+,23+,24-,25-,26-/m0/s1. The molecule has 188 valence electrons. The third kappa shape index (κ3) is 3.77. The van der Waals surface area contributed by atoms with Crippen LogP contribution in [0.3, 0.4) is 0 Å². The van der Waals surface area contributed by atoms with Crippen molar-refractivity contribution in [3.05, 3.63) is 23.8 Å². The van der Waals surface area contributed by atoms with Gasteiger partial charge in [0.15, 0.2) is 26.3 Å². The lowest BCUT2D eigenvalue weighted by Crippen LogP contribution is -2.64. The Labute approximate surface area is 202 Å². The van der Waals surface area contributed by atoms with Crippen LogP contribution in [0.15, 0.2) is 23.8 Å². The first-order chi connectivity index (χ1) is 15.6. The highest BCUT2D eigenvalue weighted by Crippen LogP contribution is 2.67. The van der Waals surface area contributed by atoms with Crippen molar-refractivity contribution < 1.29 is 33.8 Å². The lowest BCUT2D eigenvalue weighted by Gasteiger charge is -2.61. The SMILES string of the molecule is CC(=O)OCC(=O)[C@@]1(O)[C@H](O)C[C@H]2[C@@H]3CCC4=CC(=O)C=C[C@]4(C)[C@H]3[C@@H](O[Si](C)(C)C)C[C@@]21C. The van der Waals surface area contributed by atoms with Gasteiger partial charge in [-0.3, -0.25) is 14.4 Å². The molecule has 3 saturated carbocycles. The van der Waals surface area contributed by atoms with Crippen molar-refractivity contribution in [2.24, 2.45) is 28.6 Å². The number of esters is 1. The van der Waals surface area contributed by atoms with E-state index in [1.165, 1.54) is 6.92 Å². The fourth-order valence-corrected chi connectivity index (χ4v) is 8.79. The van der Waals surface area contributed by atoms with Gasteiger partial charge in [-0.25, -0.2) is 0 Å². The summed E-state index contributed by atoms with van der Waals surface area (Å²) in [5, 5.41) is 22.9. The summed E-state index contributed by atoms with van der Waals surface area (Å²) in [7, 11) is -2.03. The van der Waals surface area contributed by atoms with Crippen LogP contribution < -0.4 is 0 Å². The minimum atomic E-state index is -2.03. The first kappa shape index (κ1) is 25.5. The Hall–Kier alpha value is -1.61. The van der Waals surface area contributed by atoms with E-state index in [9.17, 15) is 24.6 Å². The van der Waals surface area contributed by atoms with Crippen LogP contribution >= 0.6 is 0 Å². The lowest BCUT2D eigenvalue weighted by atomic mass is 9.46. The van der Waals surface area contributed by atoms with Gasteiger partial charge in [-0.1, -0.05) is 25.5 Å². The number of rotatable bonds is 5. The zero-order chi connectivity index (χ0) is 25.3. The van der Waals surface area contributed by atoms with Crippen LogP contribution in [0.2, 0.25) is 19.6 Å². The minimum absolute atomic E-state index is 0.0102. The van der Waals surface area contributed by atoms with Crippen molar-refractivity contribution in [2.45, 2.75) is 83.9 Å². The lowest BCUT2D eigenvalue weighted by molar-refractivity contribution is -0.190. The highest BCUT2D eigenvalue weighted by molar-refractivity contribution is 6.69. The van der Waals surface area contributed by atoms with Crippen LogP contribution in [-0.2, 0) is 23.5 Å². The number of aliphatic hydroxyl groups is 2. The maximum atomic E-state index is 13.2. The highest BCUT2D eigenvalue weighted by Gasteiger charge is 2.72. The molecule has 3 fully saturated rings. The number of carbonyl (C=O) groups is 3. The van der Waals surface area contributed by atoms with E-state index < -0.39 is 43.8 Å². The van der Waals surface area contributed by atoms with Crippen LogP contribution in [0.25, 0.3) is 0 Å². The fourth-order valence-electron chi connectivity index (χ4n) is 7.65. The molecule has 0 amide bonds. The molecule has 7 nitrogen and oxygen atoms in total. The van der Waals surface area contributed by atoms with Gasteiger partial charge in [-0.05, 0) is 75.2 Å². The average Bonchev–Trinajstić information content (AvgIpc) is 2.92. The second-order valence-corrected chi connectivity index (χ2v) is 16.6. The predicted molar refractivity (Wildman–Crippen MR) is 128 cm³/mol. The van der Waals surface area contributed by atoms with Gasteiger partial charge in [0.2, 0.25) is 5.78 Å². The Bertz CT molecular complexity index is 965. The second-order valence-electron chi connectivity index (χ2n) is 12.1. The maximum Gasteiger partial charge on any atom is 0.303 e. The largest absolute Gasteiger partial charge is 0.458 e. The Balaban J connectivity index is 1.79. The number of hydrogen-bond donors (Lipinski definition) is 2. The summed E-state index contributed by atoms with van der Waals surface area (Å²) in [6, 6.07) is 0. The molecule has 4 rings (SSSR count). The van der Waals surface area contributed by atoms with Gasteiger partial charge in [-0.2, -0.15) is 0 Å². The second kappa shape index (κ2) is 8.22. The monoisotopic (exact) mass is 490 g/mol. The van der Waals surface area contributed by atoms with Gasteiger partial charge < -0.3 is 19.4 Å². The van der Waals surface area contributed by atoms with Crippen molar-refractivity contribution in [2.75, 3.05) is 6.61 Å². The van der Waals surface area contributed by atoms with Crippen LogP contribution in [0, 0.1) is 28.6 Å². The summed E-state index contributed by atoms with van der Waals surface area (Å²) in [4.78, 5) is 36.7.